The smallest absolute Gasteiger partial charge is 0.410 e. The number of benzene rings is 2. The van der Waals surface area contributed by atoms with Gasteiger partial charge in [-0.3, -0.25) is 0 Å². The number of rotatable bonds is 10. The SMILES string of the molecule is COc1ccc(CNc2ncc(-c3nnc(C)s3)c3cc(N4CCC5(CC4)CCN5C(=O)OC(C)(C)C)nc(Oc4c(C)ccc(OC)c4C)c23)c(OC)c1. The molecule has 2 aliphatic heterocycles. The number of fused-ring (bicyclic) bond motifs is 1. The maximum Gasteiger partial charge on any atom is 0.410 e. The number of anilines is 2. The molecule has 55 heavy (non-hydrogen) atoms. The molecule has 14 heteroatoms. The van der Waals surface area contributed by atoms with Crippen LogP contribution in [0.3, 0.4) is 0 Å². The first kappa shape index (κ1) is 37.9. The fourth-order valence-corrected chi connectivity index (χ4v) is 8.15. The summed E-state index contributed by atoms with van der Waals surface area (Å²) in [6.45, 7) is 14.2. The second-order valence-corrected chi connectivity index (χ2v) is 16.3. The Morgan fingerprint density at radius 3 is 2.31 bits per heavy atom. The van der Waals surface area contributed by atoms with Gasteiger partial charge in [0.15, 0.2) is 0 Å². The van der Waals surface area contributed by atoms with Crippen molar-refractivity contribution in [3.05, 3.63) is 64.3 Å². The van der Waals surface area contributed by atoms with Crippen molar-refractivity contribution in [2.24, 2.45) is 0 Å². The van der Waals surface area contributed by atoms with Crippen molar-refractivity contribution in [1.82, 2.24) is 25.1 Å². The van der Waals surface area contributed by atoms with Crippen LogP contribution in [0.4, 0.5) is 16.4 Å². The van der Waals surface area contributed by atoms with Crippen LogP contribution in [0.15, 0.2) is 42.6 Å². The monoisotopic (exact) mass is 767 g/mol. The van der Waals surface area contributed by atoms with Crippen LogP contribution in [0.5, 0.6) is 28.9 Å². The van der Waals surface area contributed by atoms with Gasteiger partial charge in [0, 0.05) is 60.5 Å². The number of ether oxygens (including phenoxy) is 5. The van der Waals surface area contributed by atoms with E-state index in [0.717, 1.165) is 62.7 Å². The maximum atomic E-state index is 13.2. The topological polar surface area (TPSA) is 133 Å². The molecule has 7 rings (SSSR count). The molecule has 2 fully saturated rings. The number of carbonyl (C=O) groups excluding carboxylic acids is 1. The third-order valence-electron chi connectivity index (χ3n) is 10.5. The van der Waals surface area contributed by atoms with E-state index in [1.54, 1.807) is 21.3 Å². The highest BCUT2D eigenvalue weighted by atomic mass is 32.1. The van der Waals surface area contributed by atoms with Crippen LogP contribution in [0.1, 0.15) is 61.7 Å². The Morgan fingerprint density at radius 2 is 1.67 bits per heavy atom. The van der Waals surface area contributed by atoms with Crippen molar-refractivity contribution >= 4 is 39.8 Å². The van der Waals surface area contributed by atoms with Crippen LogP contribution >= 0.6 is 11.3 Å². The van der Waals surface area contributed by atoms with Crippen molar-refractivity contribution in [1.29, 1.82) is 0 Å². The van der Waals surface area contributed by atoms with Crippen LogP contribution in [-0.4, -0.2) is 83.3 Å². The molecule has 1 N–H and O–H groups in total. The summed E-state index contributed by atoms with van der Waals surface area (Å²) < 4.78 is 29.5. The number of methoxy groups -OCH3 is 3. The number of nitrogens with zero attached hydrogens (tertiary/aromatic N) is 6. The number of pyridine rings is 2. The molecule has 1 amide bonds. The van der Waals surface area contributed by atoms with Gasteiger partial charge in [0.05, 0.1) is 32.3 Å². The first-order valence-corrected chi connectivity index (χ1v) is 19.3. The second kappa shape index (κ2) is 15.0. The van der Waals surface area contributed by atoms with E-state index >= 15 is 0 Å². The molecule has 2 aliphatic rings. The molecule has 5 heterocycles. The molecule has 3 aromatic heterocycles. The highest BCUT2D eigenvalue weighted by Crippen LogP contribution is 2.45. The lowest BCUT2D eigenvalue weighted by atomic mass is 9.76. The fourth-order valence-electron chi connectivity index (χ4n) is 7.43. The predicted molar refractivity (Wildman–Crippen MR) is 214 cm³/mol. The van der Waals surface area contributed by atoms with E-state index in [1.165, 1.54) is 11.3 Å². The summed E-state index contributed by atoms with van der Waals surface area (Å²) in [5.74, 6) is 4.51. The summed E-state index contributed by atoms with van der Waals surface area (Å²) in [5, 5.41) is 15.6. The van der Waals surface area contributed by atoms with Crippen LogP contribution < -0.4 is 29.2 Å². The van der Waals surface area contributed by atoms with Crippen LogP contribution in [-0.2, 0) is 11.3 Å². The summed E-state index contributed by atoms with van der Waals surface area (Å²) in [4.78, 5) is 27.6. The summed E-state index contributed by atoms with van der Waals surface area (Å²) >= 11 is 1.51. The third-order valence-corrected chi connectivity index (χ3v) is 11.4. The van der Waals surface area contributed by atoms with Crippen molar-refractivity contribution in [2.75, 3.05) is 51.2 Å². The third kappa shape index (κ3) is 7.51. The van der Waals surface area contributed by atoms with Gasteiger partial charge in [0.25, 0.3) is 0 Å². The number of nitrogens with one attached hydrogen (secondary N) is 1. The Kier molecular flexibility index (Phi) is 10.4. The van der Waals surface area contributed by atoms with Gasteiger partial charge in [-0.1, -0.05) is 17.4 Å². The second-order valence-electron chi connectivity index (χ2n) is 15.1. The van der Waals surface area contributed by atoms with E-state index < -0.39 is 5.60 Å². The Bertz CT molecular complexity index is 2230. The summed E-state index contributed by atoms with van der Waals surface area (Å²) in [6.07, 6.45) is 4.14. The predicted octanol–water partition coefficient (Wildman–Crippen LogP) is 8.48. The standard InChI is InChI=1S/C41H49N7O6S/c1-24-10-13-31(51-8)25(2)35(24)53-37-34-29(21-33(44-37)47-17-14-41(15-18-47)16-19-48(41)39(49)54-40(4,5)6)30(38-46-45-26(3)55-38)23-43-36(34)42-22-27-11-12-28(50-7)20-32(27)52-9/h10-13,20-21,23H,14-19,22H2,1-9H3,(H,42,43). The van der Waals surface area contributed by atoms with Gasteiger partial charge < -0.3 is 38.8 Å². The highest BCUT2D eigenvalue weighted by molar-refractivity contribution is 7.14. The van der Waals surface area contributed by atoms with Crippen molar-refractivity contribution in [2.45, 2.75) is 78.5 Å². The van der Waals surface area contributed by atoms with E-state index in [1.807, 2.05) is 83.0 Å². The van der Waals surface area contributed by atoms with Gasteiger partial charge in [-0.2, -0.15) is 4.98 Å². The van der Waals surface area contributed by atoms with Crippen molar-refractivity contribution in [3.63, 3.8) is 0 Å². The first-order valence-electron chi connectivity index (χ1n) is 18.5. The van der Waals surface area contributed by atoms with E-state index in [-0.39, 0.29) is 11.6 Å². The lowest BCUT2D eigenvalue weighted by molar-refractivity contribution is -0.0542. The number of amides is 1. The van der Waals surface area contributed by atoms with Gasteiger partial charge in [-0.25, -0.2) is 9.78 Å². The molecular weight excluding hydrogens is 719 g/mol. The zero-order valence-corrected chi connectivity index (χ0v) is 33.8. The fraction of sp³-hybridized carbons (Fsp3) is 0.439. The van der Waals surface area contributed by atoms with Gasteiger partial charge in [0.2, 0.25) is 5.88 Å². The van der Waals surface area contributed by atoms with Crippen LogP contribution in [0.25, 0.3) is 21.3 Å². The van der Waals surface area contributed by atoms with Crippen molar-refractivity contribution in [3.8, 4) is 39.4 Å². The van der Waals surface area contributed by atoms with Gasteiger partial charge in [-0.05, 0) is 90.6 Å². The molecular formula is C41H49N7O6S. The van der Waals surface area contributed by atoms with E-state index in [0.29, 0.717) is 66.3 Å². The number of aromatic nitrogens is 4. The molecule has 2 aromatic carbocycles. The molecule has 0 atom stereocenters. The zero-order chi connectivity index (χ0) is 39.1. The number of piperidine rings is 1. The van der Waals surface area contributed by atoms with Crippen LogP contribution in [0, 0.1) is 20.8 Å². The molecule has 1 spiro atoms. The largest absolute Gasteiger partial charge is 0.497 e. The van der Waals surface area contributed by atoms with Crippen LogP contribution in [0.2, 0.25) is 0 Å². The molecule has 0 unspecified atom stereocenters. The average molecular weight is 768 g/mol. The summed E-state index contributed by atoms with van der Waals surface area (Å²) in [7, 11) is 4.93. The van der Waals surface area contributed by atoms with Gasteiger partial charge in [-0.15, -0.1) is 10.2 Å². The molecule has 5 aromatic rings. The first-order chi connectivity index (χ1) is 26.3. The lowest BCUT2D eigenvalue weighted by Gasteiger charge is -2.56. The number of likely N-dealkylation sites (tertiary alicyclic amines) is 1. The molecule has 0 radical (unpaired) electrons. The summed E-state index contributed by atoms with van der Waals surface area (Å²) in [5.41, 5.74) is 2.77. The quantitative estimate of drug-likeness (QED) is 0.146. The molecule has 0 bridgehead atoms. The Morgan fingerprint density at radius 1 is 0.927 bits per heavy atom. The molecule has 2 saturated heterocycles. The Balaban J connectivity index is 1.33. The van der Waals surface area contributed by atoms with E-state index in [2.05, 4.69) is 26.5 Å². The minimum Gasteiger partial charge on any atom is -0.497 e. The number of hydrogen-bond acceptors (Lipinski definition) is 13. The average Bonchev–Trinajstić information content (AvgIpc) is 3.59. The molecule has 0 aliphatic carbocycles. The minimum atomic E-state index is -0.550. The minimum absolute atomic E-state index is 0.220. The number of aryl methyl sites for hydroxylation is 2. The van der Waals surface area contributed by atoms with E-state index in [9.17, 15) is 4.79 Å². The normalized spacial score (nSPS) is 15.1. The van der Waals surface area contributed by atoms with Crippen molar-refractivity contribution < 1.29 is 28.5 Å². The lowest BCUT2D eigenvalue weighted by Crippen LogP contribution is -2.66. The number of carbonyl (C=O) groups is 1. The zero-order valence-electron chi connectivity index (χ0n) is 33.0. The summed E-state index contributed by atoms with van der Waals surface area (Å²) in [6, 6.07) is 11.8. The number of hydrogen-bond donors (Lipinski definition) is 1. The Labute approximate surface area is 325 Å². The van der Waals surface area contributed by atoms with E-state index in [4.69, 9.17) is 33.7 Å². The molecule has 0 saturated carbocycles. The molecule has 13 nitrogen and oxygen atoms in total. The van der Waals surface area contributed by atoms with Gasteiger partial charge in [0.1, 0.15) is 50.3 Å². The Hall–Kier alpha value is -5.37. The highest BCUT2D eigenvalue weighted by Gasteiger charge is 2.50. The molecule has 290 valence electrons. The maximum absolute atomic E-state index is 13.2. The van der Waals surface area contributed by atoms with Gasteiger partial charge >= 0.3 is 6.09 Å².